The van der Waals surface area contributed by atoms with Crippen LogP contribution < -0.4 is 20.7 Å². The van der Waals surface area contributed by atoms with Gasteiger partial charge in [0.15, 0.2) is 0 Å². The Balaban J connectivity index is 1.47. The molecule has 8 heteroatoms. The van der Waals surface area contributed by atoms with Crippen molar-refractivity contribution in [1.29, 1.82) is 0 Å². The molecule has 0 fully saturated rings. The average molecular weight is 478 g/mol. The van der Waals surface area contributed by atoms with E-state index in [1.165, 1.54) is 36.4 Å². The molecule has 8 nitrogen and oxygen atoms in total. The van der Waals surface area contributed by atoms with E-state index in [9.17, 15) is 19.2 Å². The van der Waals surface area contributed by atoms with Crippen LogP contribution in [0.3, 0.4) is 0 Å². The molecular weight excluding hydrogens is 464 g/mol. The van der Waals surface area contributed by atoms with Crippen LogP contribution in [0.5, 0.6) is 11.5 Å². The van der Waals surface area contributed by atoms with Gasteiger partial charge in [-0.3, -0.25) is 9.59 Å². The van der Waals surface area contributed by atoms with Crippen molar-refractivity contribution in [3.8, 4) is 11.5 Å². The standard InChI is InChI=1S/C28H14O8/c29-23-11-7-15-5-9-17(13-21(15)35-23)33-27-25(31)19-3-1-2-4-20(19)26(32)28(27)34-18-10-6-16-8-12-24(30)36-22(16)14-18/h1-14H. The predicted octanol–water partition coefficient (Wildman–Crippen LogP) is 4.65. The van der Waals surface area contributed by atoms with Gasteiger partial charge in [0, 0.05) is 46.2 Å². The number of carbonyl (C=O) groups is 2. The fraction of sp³-hybridized carbons (Fsp3) is 0. The molecule has 1 aliphatic carbocycles. The smallest absolute Gasteiger partial charge is 0.336 e. The third kappa shape index (κ3) is 3.67. The van der Waals surface area contributed by atoms with Crippen molar-refractivity contribution in [2.24, 2.45) is 0 Å². The molecule has 36 heavy (non-hydrogen) atoms. The van der Waals surface area contributed by atoms with Crippen LogP contribution in [0.4, 0.5) is 0 Å². The Morgan fingerprint density at radius 3 is 1.36 bits per heavy atom. The van der Waals surface area contributed by atoms with Gasteiger partial charge in [-0.05, 0) is 36.4 Å². The molecule has 1 aliphatic rings. The molecule has 0 N–H and O–H groups in total. The lowest BCUT2D eigenvalue weighted by molar-refractivity contribution is 0.0897. The van der Waals surface area contributed by atoms with Crippen molar-refractivity contribution in [2.45, 2.75) is 0 Å². The van der Waals surface area contributed by atoms with Crippen LogP contribution in [0.2, 0.25) is 0 Å². The van der Waals surface area contributed by atoms with Gasteiger partial charge in [0.2, 0.25) is 23.1 Å². The third-order valence-electron chi connectivity index (χ3n) is 5.66. The van der Waals surface area contributed by atoms with E-state index in [2.05, 4.69) is 0 Å². The van der Waals surface area contributed by atoms with Crippen molar-refractivity contribution >= 4 is 33.5 Å². The maximum absolute atomic E-state index is 13.4. The molecule has 2 aromatic heterocycles. The number of carbonyl (C=O) groups excluding carboxylic acids is 2. The molecule has 0 saturated heterocycles. The van der Waals surface area contributed by atoms with E-state index >= 15 is 0 Å². The molecule has 5 aromatic rings. The van der Waals surface area contributed by atoms with Crippen LogP contribution in [0, 0.1) is 0 Å². The molecule has 0 radical (unpaired) electrons. The fourth-order valence-electron chi connectivity index (χ4n) is 3.96. The first-order valence-electron chi connectivity index (χ1n) is 10.8. The maximum atomic E-state index is 13.4. The SMILES string of the molecule is O=C1C(Oc2ccc3ccc(=O)oc3c2)=C(Oc2ccc3ccc(=O)oc3c2)C(=O)c2ccccc21. The molecule has 0 aliphatic heterocycles. The Morgan fingerprint density at radius 1 is 0.500 bits per heavy atom. The zero-order chi connectivity index (χ0) is 24.8. The van der Waals surface area contributed by atoms with Crippen LogP contribution >= 0.6 is 0 Å². The number of hydrogen-bond donors (Lipinski definition) is 0. The highest BCUT2D eigenvalue weighted by atomic mass is 16.5. The van der Waals surface area contributed by atoms with Crippen molar-refractivity contribution in [2.75, 3.05) is 0 Å². The third-order valence-corrected chi connectivity index (χ3v) is 5.66. The second-order valence-corrected chi connectivity index (χ2v) is 7.97. The zero-order valence-corrected chi connectivity index (χ0v) is 18.3. The van der Waals surface area contributed by atoms with Crippen LogP contribution in [-0.4, -0.2) is 11.6 Å². The first kappa shape index (κ1) is 21.3. The number of Topliss-reactive ketones (excluding diaryl/α,β-unsaturated/α-hetero) is 2. The summed E-state index contributed by atoms with van der Waals surface area (Å²) in [5, 5.41) is 1.31. The first-order valence-corrected chi connectivity index (χ1v) is 10.8. The van der Waals surface area contributed by atoms with E-state index in [0.717, 1.165) is 0 Å². The highest BCUT2D eigenvalue weighted by Gasteiger charge is 2.36. The topological polar surface area (TPSA) is 113 Å². The fourth-order valence-corrected chi connectivity index (χ4v) is 3.96. The van der Waals surface area contributed by atoms with Crippen molar-refractivity contribution in [1.82, 2.24) is 0 Å². The van der Waals surface area contributed by atoms with Gasteiger partial charge in [-0.2, -0.15) is 0 Å². The summed E-state index contributed by atoms with van der Waals surface area (Å²) in [6.07, 6.45) is 0. The highest BCUT2D eigenvalue weighted by Crippen LogP contribution is 2.32. The second kappa shape index (κ2) is 8.21. The van der Waals surface area contributed by atoms with E-state index in [0.29, 0.717) is 10.8 Å². The Morgan fingerprint density at radius 2 is 0.917 bits per heavy atom. The molecular formula is C28H14O8. The zero-order valence-electron chi connectivity index (χ0n) is 18.3. The molecule has 0 bridgehead atoms. The molecule has 2 heterocycles. The van der Waals surface area contributed by atoms with Gasteiger partial charge in [0.25, 0.3) is 0 Å². The predicted molar refractivity (Wildman–Crippen MR) is 128 cm³/mol. The number of rotatable bonds is 4. The minimum atomic E-state index is -0.554. The largest absolute Gasteiger partial charge is 0.449 e. The van der Waals surface area contributed by atoms with Crippen molar-refractivity contribution in [3.63, 3.8) is 0 Å². The van der Waals surface area contributed by atoms with Crippen molar-refractivity contribution in [3.05, 3.63) is 128 Å². The molecule has 6 rings (SSSR count). The molecule has 0 spiro atoms. The Kier molecular flexibility index (Phi) is 4.86. The van der Waals surface area contributed by atoms with E-state index in [1.54, 1.807) is 48.5 Å². The van der Waals surface area contributed by atoms with Gasteiger partial charge in [0.05, 0.1) is 0 Å². The first-order chi connectivity index (χ1) is 17.5. The Labute approximate surface area is 201 Å². The van der Waals surface area contributed by atoms with E-state index in [4.69, 9.17) is 18.3 Å². The van der Waals surface area contributed by atoms with Crippen LogP contribution in [0.1, 0.15) is 20.7 Å². The van der Waals surface area contributed by atoms with Crippen molar-refractivity contribution < 1.29 is 27.9 Å². The van der Waals surface area contributed by atoms with Crippen LogP contribution in [0.15, 0.2) is 115 Å². The Bertz CT molecular complexity index is 1740. The van der Waals surface area contributed by atoms with Gasteiger partial charge >= 0.3 is 11.3 Å². The second-order valence-electron chi connectivity index (χ2n) is 7.97. The quantitative estimate of drug-likeness (QED) is 0.343. The molecule has 174 valence electrons. The number of fused-ring (bicyclic) bond motifs is 3. The summed E-state index contributed by atoms with van der Waals surface area (Å²) in [7, 11) is 0. The van der Waals surface area contributed by atoms with Gasteiger partial charge in [-0.1, -0.05) is 24.3 Å². The minimum absolute atomic E-state index is 0.165. The maximum Gasteiger partial charge on any atom is 0.336 e. The van der Waals surface area contributed by atoms with Gasteiger partial charge in [-0.25, -0.2) is 9.59 Å². The highest BCUT2D eigenvalue weighted by molar-refractivity contribution is 6.25. The summed E-state index contributed by atoms with van der Waals surface area (Å²) in [5.41, 5.74) is -0.235. The molecule has 0 amide bonds. The normalized spacial score (nSPS) is 13.2. The van der Waals surface area contributed by atoms with E-state index < -0.39 is 22.8 Å². The van der Waals surface area contributed by atoms with E-state index in [-0.39, 0.29) is 45.3 Å². The summed E-state index contributed by atoms with van der Waals surface area (Å²) < 4.78 is 22.2. The lowest BCUT2D eigenvalue weighted by Crippen LogP contribution is -2.27. The van der Waals surface area contributed by atoms with Gasteiger partial charge in [0.1, 0.15) is 22.7 Å². The summed E-state index contributed by atoms with van der Waals surface area (Å²) in [5.74, 6) is -1.43. The number of hydrogen-bond acceptors (Lipinski definition) is 8. The molecule has 0 unspecified atom stereocenters. The van der Waals surface area contributed by atoms with Crippen LogP contribution in [-0.2, 0) is 0 Å². The van der Waals surface area contributed by atoms with Gasteiger partial charge in [-0.15, -0.1) is 0 Å². The van der Waals surface area contributed by atoms with E-state index in [1.807, 2.05) is 0 Å². The number of ether oxygens (including phenoxy) is 2. The number of benzene rings is 3. The molecule has 0 saturated carbocycles. The number of allylic oxidation sites excluding steroid dienone is 2. The van der Waals surface area contributed by atoms with Gasteiger partial charge < -0.3 is 18.3 Å². The monoisotopic (exact) mass is 478 g/mol. The summed E-state index contributed by atoms with van der Waals surface area (Å²) >= 11 is 0. The summed E-state index contributed by atoms with van der Waals surface area (Å²) in [4.78, 5) is 50.0. The number of ketones is 2. The lowest BCUT2D eigenvalue weighted by Gasteiger charge is -2.21. The summed E-state index contributed by atoms with van der Waals surface area (Å²) in [6.45, 7) is 0. The minimum Gasteiger partial charge on any atom is -0.449 e. The molecule has 3 aromatic carbocycles. The van der Waals surface area contributed by atoms with Crippen LogP contribution in [0.25, 0.3) is 21.9 Å². The average Bonchev–Trinajstić information content (AvgIpc) is 2.88. The molecule has 0 atom stereocenters. The summed E-state index contributed by atoms with van der Waals surface area (Å²) in [6, 6.07) is 21.5. The lowest BCUT2D eigenvalue weighted by atomic mass is 9.92. The Hall–Kier alpha value is -5.24.